The van der Waals surface area contributed by atoms with Gasteiger partial charge in [-0.1, -0.05) is 0 Å². The smallest absolute Gasteiger partial charge is 0.269 e. The van der Waals surface area contributed by atoms with Gasteiger partial charge >= 0.3 is 0 Å². The van der Waals surface area contributed by atoms with Gasteiger partial charge in [-0.25, -0.2) is 0 Å². The lowest BCUT2D eigenvalue weighted by Crippen LogP contribution is -1.95. The molecule has 6 heteroatoms. The first kappa shape index (κ1) is 12.2. The van der Waals surface area contributed by atoms with Crippen LogP contribution in [0.2, 0.25) is 0 Å². The van der Waals surface area contributed by atoms with Gasteiger partial charge in [-0.05, 0) is 12.1 Å². The van der Waals surface area contributed by atoms with Crippen molar-refractivity contribution in [3.8, 4) is 0 Å². The van der Waals surface area contributed by atoms with E-state index in [0.29, 0.717) is 5.56 Å². The highest BCUT2D eigenvalue weighted by Gasteiger charge is 2.12. The number of allylic oxidation sites excluding steroid dienone is 1. The maximum absolute atomic E-state index is 11.8. The quantitative estimate of drug-likeness (QED) is 0.364. The van der Waals surface area contributed by atoms with Crippen LogP contribution >= 0.6 is 23.5 Å². The molecule has 1 aromatic carbocycles. The second-order valence-electron chi connectivity index (χ2n) is 3.33. The molecule has 1 aliphatic rings. The fourth-order valence-corrected chi connectivity index (χ4v) is 3.63. The molecule has 0 amide bonds. The minimum Gasteiger partial charge on any atom is -0.289 e. The number of hydrogen-bond acceptors (Lipinski definition) is 5. The predicted molar refractivity (Wildman–Crippen MR) is 70.4 cm³/mol. The highest BCUT2D eigenvalue weighted by Crippen LogP contribution is 2.36. The SMILES string of the molecule is O=C(C=C1SCCS1)c1ccc([N+](=O)[O-])cc1. The van der Waals surface area contributed by atoms with Crippen LogP contribution in [0.5, 0.6) is 0 Å². The molecule has 88 valence electrons. The van der Waals surface area contributed by atoms with E-state index in [1.54, 1.807) is 29.6 Å². The number of non-ortho nitro benzene ring substituents is 1. The molecule has 1 fully saturated rings. The highest BCUT2D eigenvalue weighted by molar-refractivity contribution is 8.25. The summed E-state index contributed by atoms with van der Waals surface area (Å²) >= 11 is 3.34. The van der Waals surface area contributed by atoms with Crippen molar-refractivity contribution in [3.05, 3.63) is 50.3 Å². The summed E-state index contributed by atoms with van der Waals surface area (Å²) < 4.78 is 1.02. The van der Waals surface area contributed by atoms with Gasteiger partial charge < -0.3 is 0 Å². The third kappa shape index (κ3) is 3.10. The number of carbonyl (C=O) groups excluding carboxylic acids is 1. The van der Waals surface area contributed by atoms with Gasteiger partial charge in [0.25, 0.3) is 5.69 Å². The Balaban J connectivity index is 2.14. The summed E-state index contributed by atoms with van der Waals surface area (Å²) in [5, 5.41) is 10.5. The van der Waals surface area contributed by atoms with Gasteiger partial charge in [0.2, 0.25) is 0 Å². The van der Waals surface area contributed by atoms with Crippen LogP contribution in [0.25, 0.3) is 0 Å². The molecule has 0 aromatic heterocycles. The molecule has 2 rings (SSSR count). The molecule has 1 aromatic rings. The van der Waals surface area contributed by atoms with Crippen LogP contribution in [-0.4, -0.2) is 22.2 Å². The Hall–Kier alpha value is -1.27. The van der Waals surface area contributed by atoms with Gasteiger partial charge in [0.05, 0.1) is 4.92 Å². The van der Waals surface area contributed by atoms with Crippen molar-refractivity contribution in [3.63, 3.8) is 0 Å². The second-order valence-corrected chi connectivity index (χ2v) is 5.86. The van der Waals surface area contributed by atoms with Crippen LogP contribution in [0, 0.1) is 10.1 Å². The largest absolute Gasteiger partial charge is 0.289 e. The van der Waals surface area contributed by atoms with E-state index in [1.807, 2.05) is 0 Å². The number of carbonyl (C=O) groups is 1. The van der Waals surface area contributed by atoms with Crippen LogP contribution in [0.1, 0.15) is 10.4 Å². The van der Waals surface area contributed by atoms with Gasteiger partial charge in [-0.3, -0.25) is 14.9 Å². The number of hydrogen-bond donors (Lipinski definition) is 0. The van der Waals surface area contributed by atoms with E-state index >= 15 is 0 Å². The van der Waals surface area contributed by atoms with Gasteiger partial charge in [0.1, 0.15) is 0 Å². The van der Waals surface area contributed by atoms with E-state index in [9.17, 15) is 14.9 Å². The first-order valence-corrected chi connectivity index (χ1v) is 6.90. The predicted octanol–water partition coefficient (Wildman–Crippen LogP) is 3.10. The minimum atomic E-state index is -0.477. The third-order valence-electron chi connectivity index (χ3n) is 2.18. The van der Waals surface area contributed by atoms with Crippen LogP contribution in [0.4, 0.5) is 5.69 Å². The Morgan fingerprint density at radius 3 is 2.35 bits per heavy atom. The number of benzene rings is 1. The zero-order valence-corrected chi connectivity index (χ0v) is 10.4. The monoisotopic (exact) mass is 267 g/mol. The van der Waals surface area contributed by atoms with Gasteiger partial charge in [-0.15, -0.1) is 23.5 Å². The average molecular weight is 267 g/mol. The Labute approximate surface area is 107 Å². The van der Waals surface area contributed by atoms with Crippen molar-refractivity contribution in [2.75, 3.05) is 11.5 Å². The summed E-state index contributed by atoms with van der Waals surface area (Å²) in [4.78, 5) is 21.8. The Bertz CT molecular complexity index is 474. The summed E-state index contributed by atoms with van der Waals surface area (Å²) in [6, 6.07) is 5.67. The van der Waals surface area contributed by atoms with E-state index < -0.39 is 4.92 Å². The molecule has 0 bridgehead atoms. The summed E-state index contributed by atoms with van der Waals surface area (Å²) in [6.45, 7) is 0. The van der Waals surface area contributed by atoms with Gasteiger partial charge in [0, 0.05) is 39.5 Å². The molecule has 0 N–H and O–H groups in total. The third-order valence-corrected chi connectivity index (χ3v) is 4.77. The first-order chi connectivity index (χ1) is 8.16. The molecule has 1 heterocycles. The zero-order valence-electron chi connectivity index (χ0n) is 8.79. The van der Waals surface area contributed by atoms with Crippen molar-refractivity contribution in [2.24, 2.45) is 0 Å². The van der Waals surface area contributed by atoms with Crippen molar-refractivity contribution in [1.29, 1.82) is 0 Å². The van der Waals surface area contributed by atoms with Crippen molar-refractivity contribution in [1.82, 2.24) is 0 Å². The number of nitro benzene ring substituents is 1. The molecule has 0 unspecified atom stereocenters. The summed E-state index contributed by atoms with van der Waals surface area (Å²) in [5.41, 5.74) is 0.481. The van der Waals surface area contributed by atoms with Crippen molar-refractivity contribution >= 4 is 35.0 Å². The molecule has 0 atom stereocenters. The molecule has 0 saturated carbocycles. The van der Waals surface area contributed by atoms with Crippen molar-refractivity contribution < 1.29 is 9.72 Å². The molecule has 0 aliphatic carbocycles. The second kappa shape index (κ2) is 5.37. The summed E-state index contributed by atoms with van der Waals surface area (Å²) in [6.07, 6.45) is 1.60. The topological polar surface area (TPSA) is 60.2 Å². The number of thioether (sulfide) groups is 2. The van der Waals surface area contributed by atoms with Crippen LogP contribution in [0.15, 0.2) is 34.6 Å². The maximum Gasteiger partial charge on any atom is 0.269 e. The Morgan fingerprint density at radius 2 is 1.82 bits per heavy atom. The normalized spacial score (nSPS) is 14.7. The average Bonchev–Trinajstić information content (AvgIpc) is 2.82. The number of nitro groups is 1. The van der Waals surface area contributed by atoms with E-state index in [4.69, 9.17) is 0 Å². The molecule has 0 spiro atoms. The molecule has 0 radical (unpaired) electrons. The first-order valence-electron chi connectivity index (χ1n) is 4.93. The van der Waals surface area contributed by atoms with Crippen LogP contribution < -0.4 is 0 Å². The van der Waals surface area contributed by atoms with E-state index in [-0.39, 0.29) is 11.5 Å². The summed E-state index contributed by atoms with van der Waals surface area (Å²) in [5.74, 6) is 1.96. The van der Waals surface area contributed by atoms with E-state index in [2.05, 4.69) is 0 Å². The fourth-order valence-electron chi connectivity index (χ4n) is 1.35. The number of rotatable bonds is 3. The lowest BCUT2D eigenvalue weighted by Gasteiger charge is -1.97. The lowest BCUT2D eigenvalue weighted by atomic mass is 10.1. The number of ketones is 1. The number of nitrogens with zero attached hydrogens (tertiary/aromatic N) is 1. The van der Waals surface area contributed by atoms with Gasteiger partial charge in [0.15, 0.2) is 5.78 Å². The van der Waals surface area contributed by atoms with Gasteiger partial charge in [-0.2, -0.15) is 0 Å². The fraction of sp³-hybridized carbons (Fsp3) is 0.182. The molecule has 1 saturated heterocycles. The van der Waals surface area contributed by atoms with Crippen molar-refractivity contribution in [2.45, 2.75) is 0 Å². The Morgan fingerprint density at radius 1 is 1.24 bits per heavy atom. The molecular weight excluding hydrogens is 258 g/mol. The molecule has 4 nitrogen and oxygen atoms in total. The lowest BCUT2D eigenvalue weighted by molar-refractivity contribution is -0.384. The highest BCUT2D eigenvalue weighted by atomic mass is 32.2. The molecular formula is C11H9NO3S2. The minimum absolute atomic E-state index is 0.00109. The maximum atomic E-state index is 11.8. The molecule has 1 aliphatic heterocycles. The standard InChI is InChI=1S/C11H9NO3S2/c13-10(7-11-16-5-6-17-11)8-1-3-9(4-2-8)12(14)15/h1-4,7H,5-6H2. The van der Waals surface area contributed by atoms with E-state index in [1.165, 1.54) is 24.3 Å². The summed E-state index contributed by atoms with van der Waals surface area (Å²) in [7, 11) is 0. The Kier molecular flexibility index (Phi) is 3.86. The zero-order chi connectivity index (χ0) is 12.3. The van der Waals surface area contributed by atoms with Crippen LogP contribution in [-0.2, 0) is 0 Å². The van der Waals surface area contributed by atoms with E-state index in [0.717, 1.165) is 15.7 Å². The van der Waals surface area contributed by atoms with Crippen LogP contribution in [0.3, 0.4) is 0 Å². The molecule has 17 heavy (non-hydrogen) atoms.